The predicted molar refractivity (Wildman–Crippen MR) is 185 cm³/mol. The molecule has 8 nitrogen and oxygen atoms in total. The summed E-state index contributed by atoms with van der Waals surface area (Å²) in [6.07, 6.45) is 12.2. The Bertz CT molecular complexity index is 1720. The van der Waals surface area contributed by atoms with Gasteiger partial charge in [-0.2, -0.15) is 0 Å². The van der Waals surface area contributed by atoms with E-state index >= 15 is 0 Å². The highest BCUT2D eigenvalue weighted by Gasteiger charge is 2.13. The highest BCUT2D eigenvalue weighted by Crippen LogP contribution is 2.25. The van der Waals surface area contributed by atoms with Crippen LogP contribution in [0.1, 0.15) is 46.9 Å². The standard InChI is InChI=1S/C19H23N3O.C18H20N4/c1-14-13-20-17(15(2)19(14)23-3)10-9-16-7-6-8-18(21-16)22-11-4-5-12-22;1-19-17-10-6-9-15(20-17)11-12-18-21-16(13-22(18)2)14-7-4-3-5-8-14/h6-10,13H,4-5,11-12H2,1-3H3;3-10,13H,11-12H2,1-2H3,(H,19,20)/b10-9+;. The highest BCUT2D eigenvalue weighted by molar-refractivity contribution is 5.70. The first-order valence-corrected chi connectivity index (χ1v) is 15.6. The number of anilines is 2. The molecular weight excluding hydrogens is 558 g/mol. The van der Waals surface area contributed by atoms with Gasteiger partial charge in [0.25, 0.3) is 0 Å². The molecule has 4 aromatic heterocycles. The van der Waals surface area contributed by atoms with Crippen LogP contribution in [0.25, 0.3) is 23.4 Å². The van der Waals surface area contributed by atoms with Gasteiger partial charge in [0.15, 0.2) is 0 Å². The van der Waals surface area contributed by atoms with Gasteiger partial charge in [-0.25, -0.2) is 15.0 Å². The normalized spacial score (nSPS) is 12.7. The largest absolute Gasteiger partial charge is 0.496 e. The summed E-state index contributed by atoms with van der Waals surface area (Å²) >= 11 is 0. The number of hydrogen-bond acceptors (Lipinski definition) is 7. The molecule has 5 aromatic rings. The Morgan fingerprint density at radius 3 is 2.40 bits per heavy atom. The molecule has 0 amide bonds. The number of nitrogens with zero attached hydrogens (tertiary/aromatic N) is 6. The Morgan fingerprint density at radius 1 is 0.867 bits per heavy atom. The van der Waals surface area contributed by atoms with Crippen molar-refractivity contribution < 1.29 is 4.74 Å². The molecule has 1 aliphatic heterocycles. The van der Waals surface area contributed by atoms with Crippen LogP contribution >= 0.6 is 0 Å². The van der Waals surface area contributed by atoms with E-state index in [9.17, 15) is 0 Å². The molecule has 0 saturated carbocycles. The summed E-state index contributed by atoms with van der Waals surface area (Å²) in [6, 6.07) is 22.5. The van der Waals surface area contributed by atoms with Gasteiger partial charge in [0.2, 0.25) is 0 Å². The highest BCUT2D eigenvalue weighted by atomic mass is 16.5. The van der Waals surface area contributed by atoms with Gasteiger partial charge in [0.05, 0.1) is 24.2 Å². The number of hydrogen-bond donors (Lipinski definition) is 1. The summed E-state index contributed by atoms with van der Waals surface area (Å²) in [4.78, 5) is 20.9. The van der Waals surface area contributed by atoms with Crippen LogP contribution in [0.2, 0.25) is 0 Å². The van der Waals surface area contributed by atoms with Crippen LogP contribution in [0.15, 0.2) is 79.1 Å². The number of imidazole rings is 1. The smallest absolute Gasteiger partial charge is 0.129 e. The third kappa shape index (κ3) is 8.15. The maximum Gasteiger partial charge on any atom is 0.129 e. The number of nitrogens with one attached hydrogen (secondary N) is 1. The van der Waals surface area contributed by atoms with Crippen LogP contribution in [-0.4, -0.2) is 51.7 Å². The fourth-order valence-electron chi connectivity index (χ4n) is 5.52. The molecule has 1 saturated heterocycles. The number of pyridine rings is 3. The molecule has 0 bridgehead atoms. The summed E-state index contributed by atoms with van der Waals surface area (Å²) in [7, 11) is 5.63. The lowest BCUT2D eigenvalue weighted by atomic mass is 10.1. The van der Waals surface area contributed by atoms with Crippen LogP contribution in [0, 0.1) is 13.8 Å². The lowest BCUT2D eigenvalue weighted by Gasteiger charge is -2.16. The molecule has 8 heteroatoms. The van der Waals surface area contributed by atoms with Crippen molar-refractivity contribution in [2.45, 2.75) is 39.5 Å². The third-order valence-electron chi connectivity index (χ3n) is 7.99. The SMILES string of the molecule is CNc1cccc(CCc2nc(-c3ccccc3)cn2C)n1.COc1c(C)cnc(/C=C/c2cccc(N3CCCC3)n2)c1C. The van der Waals surface area contributed by atoms with E-state index in [1.54, 1.807) is 7.11 Å². The van der Waals surface area contributed by atoms with E-state index in [2.05, 4.69) is 61.3 Å². The molecule has 0 spiro atoms. The molecule has 1 fully saturated rings. The molecule has 1 N–H and O–H groups in total. The van der Waals surface area contributed by atoms with Crippen molar-refractivity contribution in [2.24, 2.45) is 7.05 Å². The van der Waals surface area contributed by atoms with Crippen molar-refractivity contribution in [3.8, 4) is 17.0 Å². The van der Waals surface area contributed by atoms with E-state index in [-0.39, 0.29) is 0 Å². The average molecular weight is 602 g/mol. The topological polar surface area (TPSA) is 81.0 Å². The molecule has 1 aliphatic rings. The van der Waals surface area contributed by atoms with Gasteiger partial charge < -0.3 is 19.5 Å². The van der Waals surface area contributed by atoms with Crippen LogP contribution in [-0.2, 0) is 19.9 Å². The zero-order valence-corrected chi connectivity index (χ0v) is 27.0. The Labute approximate surface area is 266 Å². The molecule has 45 heavy (non-hydrogen) atoms. The van der Waals surface area contributed by atoms with Crippen molar-refractivity contribution in [2.75, 3.05) is 37.5 Å². The minimum atomic E-state index is 0.878. The van der Waals surface area contributed by atoms with Crippen LogP contribution < -0.4 is 15.0 Å². The van der Waals surface area contributed by atoms with Gasteiger partial charge in [-0.15, -0.1) is 0 Å². The van der Waals surface area contributed by atoms with Gasteiger partial charge in [-0.1, -0.05) is 42.5 Å². The lowest BCUT2D eigenvalue weighted by molar-refractivity contribution is 0.407. The van der Waals surface area contributed by atoms with Crippen LogP contribution in [0.5, 0.6) is 5.75 Å². The van der Waals surface area contributed by atoms with Crippen molar-refractivity contribution in [1.82, 2.24) is 24.5 Å². The molecular formula is C37H43N7O. The number of aromatic nitrogens is 5. The summed E-state index contributed by atoms with van der Waals surface area (Å²) < 4.78 is 7.56. The van der Waals surface area contributed by atoms with E-state index in [0.29, 0.717) is 0 Å². The van der Waals surface area contributed by atoms with Gasteiger partial charge in [0, 0.05) is 68.4 Å². The molecule has 0 atom stereocenters. The van der Waals surface area contributed by atoms with Crippen LogP contribution in [0.3, 0.4) is 0 Å². The molecule has 0 radical (unpaired) electrons. The summed E-state index contributed by atoms with van der Waals surface area (Å²) in [5.74, 6) is 3.95. The van der Waals surface area contributed by atoms with Crippen molar-refractivity contribution in [3.05, 3.63) is 113 Å². The van der Waals surface area contributed by atoms with E-state index in [1.807, 2.05) is 82.7 Å². The van der Waals surface area contributed by atoms with Gasteiger partial charge >= 0.3 is 0 Å². The van der Waals surface area contributed by atoms with Gasteiger partial charge in [-0.05, 0) is 69.5 Å². The van der Waals surface area contributed by atoms with Gasteiger partial charge in [0.1, 0.15) is 23.2 Å². The number of ether oxygens (including phenoxy) is 1. The van der Waals surface area contributed by atoms with E-state index in [4.69, 9.17) is 14.7 Å². The summed E-state index contributed by atoms with van der Waals surface area (Å²) in [5, 5.41) is 3.07. The second kappa shape index (κ2) is 15.1. The first-order valence-electron chi connectivity index (χ1n) is 15.6. The Balaban J connectivity index is 0.000000178. The fourth-order valence-corrected chi connectivity index (χ4v) is 5.52. The first kappa shape index (κ1) is 31.4. The van der Waals surface area contributed by atoms with E-state index < -0.39 is 0 Å². The summed E-state index contributed by atoms with van der Waals surface area (Å²) in [6.45, 7) is 6.26. The minimum Gasteiger partial charge on any atom is -0.496 e. The predicted octanol–water partition coefficient (Wildman–Crippen LogP) is 7.18. The minimum absolute atomic E-state index is 0.878. The zero-order valence-electron chi connectivity index (χ0n) is 27.0. The Hall–Kier alpha value is -4.98. The third-order valence-corrected chi connectivity index (χ3v) is 7.99. The maximum atomic E-state index is 5.46. The fraction of sp³-hybridized carbons (Fsp3) is 0.297. The van der Waals surface area contributed by atoms with Crippen molar-refractivity contribution in [1.29, 1.82) is 0 Å². The van der Waals surface area contributed by atoms with Crippen molar-refractivity contribution in [3.63, 3.8) is 0 Å². The van der Waals surface area contributed by atoms with E-state index in [0.717, 1.165) is 88.6 Å². The monoisotopic (exact) mass is 601 g/mol. The summed E-state index contributed by atoms with van der Waals surface area (Å²) in [5.41, 5.74) is 7.23. The number of methoxy groups -OCH3 is 1. The van der Waals surface area contributed by atoms with Gasteiger partial charge in [-0.3, -0.25) is 4.98 Å². The average Bonchev–Trinajstić information content (AvgIpc) is 3.75. The molecule has 232 valence electrons. The lowest BCUT2D eigenvalue weighted by Crippen LogP contribution is -2.18. The molecule has 6 rings (SSSR count). The quantitative estimate of drug-likeness (QED) is 0.192. The molecule has 0 aliphatic carbocycles. The first-order chi connectivity index (χ1) is 21.9. The van der Waals surface area contributed by atoms with Crippen molar-refractivity contribution >= 4 is 23.8 Å². The number of aryl methyl sites for hydroxylation is 4. The number of benzene rings is 1. The molecule has 0 unspecified atom stereocenters. The Morgan fingerprint density at radius 2 is 1.64 bits per heavy atom. The van der Waals surface area contributed by atoms with E-state index in [1.165, 1.54) is 12.8 Å². The number of rotatable bonds is 9. The second-order valence-corrected chi connectivity index (χ2v) is 11.2. The Kier molecular flexibility index (Phi) is 10.6. The molecule has 5 heterocycles. The second-order valence-electron chi connectivity index (χ2n) is 11.2. The maximum absolute atomic E-state index is 5.46. The van der Waals surface area contributed by atoms with Crippen LogP contribution in [0.4, 0.5) is 11.6 Å². The zero-order chi connectivity index (χ0) is 31.6. The molecule has 1 aromatic carbocycles.